The van der Waals surface area contributed by atoms with E-state index in [1.54, 1.807) is 19.6 Å². The highest BCUT2D eigenvalue weighted by atomic mass is 16.2. The Morgan fingerprint density at radius 1 is 0.304 bits per heavy atom. The van der Waals surface area contributed by atoms with E-state index in [2.05, 4.69) is 31.2 Å². The molecule has 3 aromatic heterocycles. The van der Waals surface area contributed by atoms with Crippen LogP contribution >= 0.6 is 0 Å². The monoisotopic (exact) mass is 1230 g/mol. The smallest absolute Gasteiger partial charge is 0.247 e. The summed E-state index contributed by atoms with van der Waals surface area (Å²) < 4.78 is 0. The molecule has 20 nitrogen and oxygen atoms in total. The molecule has 8 aliphatic rings. The van der Waals surface area contributed by atoms with Gasteiger partial charge in [0.05, 0.1) is 22.8 Å². The number of fused-ring (bicyclic) bond motifs is 20. The number of aromatic nitrogens is 4. The third kappa shape index (κ3) is 10.5. The molecule has 8 amide bonds. The van der Waals surface area contributed by atoms with Crippen LogP contribution in [0.5, 0.6) is 0 Å². The third-order valence-corrected chi connectivity index (χ3v) is 19.2. The molecule has 0 aliphatic carbocycles. The third-order valence-electron chi connectivity index (χ3n) is 19.2. The number of aromatic amines is 2. The number of carbonyl (C=O) groups excluding carboxylic acids is 8. The molecule has 7 aromatic rings. The fourth-order valence-corrected chi connectivity index (χ4v) is 14.8. The number of hydrogen-bond acceptors (Lipinski definition) is 10. The predicted octanol–water partition coefficient (Wildman–Crippen LogP) is 10.6. The van der Waals surface area contributed by atoms with Crippen LogP contribution in [-0.4, -0.2) is 137 Å². The molecule has 8 aliphatic heterocycles. The van der Waals surface area contributed by atoms with E-state index in [1.165, 1.54) is 0 Å². The second-order valence-electron chi connectivity index (χ2n) is 24.6. The van der Waals surface area contributed by atoms with Crippen LogP contribution in [-0.2, 0) is 38.4 Å². The number of para-hydroxylation sites is 4. The molecule has 20 heteroatoms. The van der Waals surface area contributed by atoms with Crippen molar-refractivity contribution in [1.82, 2.24) is 39.5 Å². The Bertz CT molecular complexity index is 3990. The summed E-state index contributed by atoms with van der Waals surface area (Å²) in [5, 5.41) is 12.9. The van der Waals surface area contributed by atoms with E-state index in [9.17, 15) is 38.4 Å². The lowest BCUT2D eigenvalue weighted by atomic mass is 10.0. The highest BCUT2D eigenvalue weighted by Crippen LogP contribution is 2.44. The minimum atomic E-state index is -0.810. The van der Waals surface area contributed by atoms with Crippen LogP contribution in [0, 0.1) is 0 Å². The maximum absolute atomic E-state index is 14.8. The van der Waals surface area contributed by atoms with Gasteiger partial charge in [0.1, 0.15) is 24.2 Å². The van der Waals surface area contributed by atoms with Crippen molar-refractivity contribution in [3.8, 4) is 44.5 Å². The lowest BCUT2D eigenvalue weighted by Gasteiger charge is -2.26. The first kappa shape index (κ1) is 57.7. The van der Waals surface area contributed by atoms with E-state index >= 15 is 0 Å². The van der Waals surface area contributed by atoms with Crippen LogP contribution in [0.4, 0.5) is 22.7 Å². The van der Waals surface area contributed by atoms with Gasteiger partial charge in [0.2, 0.25) is 47.3 Å². The van der Waals surface area contributed by atoms with Crippen LogP contribution < -0.4 is 21.3 Å². The number of hydrogen-bond donors (Lipinski definition) is 6. The van der Waals surface area contributed by atoms with Crippen molar-refractivity contribution in [3.63, 3.8) is 0 Å². The summed E-state index contributed by atoms with van der Waals surface area (Å²) in [6.45, 7) is 1.40. The molecule has 12 bridgehead atoms. The molecule has 11 heterocycles. The molecule has 0 saturated carbocycles. The van der Waals surface area contributed by atoms with E-state index in [0.717, 1.165) is 0 Å². The minimum Gasteiger partial charge on any atom is -0.354 e. The van der Waals surface area contributed by atoms with Crippen LogP contribution in [0.3, 0.4) is 0 Å². The Hall–Kier alpha value is -10.8. The van der Waals surface area contributed by atoms with Gasteiger partial charge in [-0.2, -0.15) is 0 Å². The largest absolute Gasteiger partial charge is 0.354 e. The zero-order chi connectivity index (χ0) is 62.7. The highest BCUT2D eigenvalue weighted by molar-refractivity contribution is 6.10. The van der Waals surface area contributed by atoms with Crippen molar-refractivity contribution < 1.29 is 38.4 Å². The van der Waals surface area contributed by atoms with Crippen molar-refractivity contribution in [2.24, 2.45) is 0 Å². The van der Waals surface area contributed by atoms with Gasteiger partial charge in [-0.05, 0) is 124 Å². The molecular weight excluding hydrogens is 1160 g/mol. The maximum Gasteiger partial charge on any atom is 0.247 e. The summed E-state index contributed by atoms with van der Waals surface area (Å²) in [5.74, 6) is -2.77. The molecular formula is C72H66N12O8. The zero-order valence-corrected chi connectivity index (χ0v) is 50.4. The lowest BCUT2D eigenvalue weighted by Crippen LogP contribution is -2.45. The average Bonchev–Trinajstić information content (AvgIpc) is 1.63. The van der Waals surface area contributed by atoms with Gasteiger partial charge in [-0.25, -0.2) is 9.97 Å². The first-order valence-electron chi connectivity index (χ1n) is 31.9. The van der Waals surface area contributed by atoms with Gasteiger partial charge in [-0.15, -0.1) is 0 Å². The van der Waals surface area contributed by atoms with Crippen molar-refractivity contribution in [1.29, 1.82) is 0 Å². The van der Waals surface area contributed by atoms with E-state index in [4.69, 9.17) is 9.97 Å². The standard InChI is InChI=1S/C72H66N12O8/c85-61-33-34-62(86)82-38-10-22-58(82)70(90)78-46-18-6-2-14-42(46)66-50-26-25-49(73-50)65(41-13-1-5-17-45(41)77-69(89)57-21-9-37-81(57)61)53-29-30-54(75-53)67-43-15-3-7-19-47(43)79-71(91)59-23-11-39-83(59)63(87)35-36-64(88)84-40-12-24-60(84)72(92)80-48-20-8-4-16-44(48)68(52-28-27-51(67)74-52)56-32-31-55(66)76-56/h1-8,13-20,25-32,57-60,75-76H,9-12,21-24,33-40H2,(H,77,89)(H,78,90)(H,79,91)(H,80,92). The SMILES string of the molecule is O=C1Nc2ccccc2-c2c3nc(c(c4ccc([nH]4)c4c5nc(c(c6ccc2[nH]6)-c2ccccc2NC(=O)C2CCCN2C(=O)CCC(=O)N2CCCC2C(=O)Nc2ccccc2-4)C=C5)-c2ccccc2NC(=O)C2CCCN2C(=O)CCC(=O)N2CCCC12)C=C3. The fourth-order valence-electron chi connectivity index (χ4n) is 14.8. The molecule has 4 fully saturated rings. The Morgan fingerprint density at radius 2 is 0.533 bits per heavy atom. The number of nitrogens with zero attached hydrogens (tertiary/aromatic N) is 6. The summed E-state index contributed by atoms with van der Waals surface area (Å²) >= 11 is 0. The fraction of sp³-hybridized carbons (Fsp3) is 0.278. The molecule has 4 aromatic carbocycles. The zero-order valence-electron chi connectivity index (χ0n) is 50.4. The van der Waals surface area contributed by atoms with Gasteiger partial charge >= 0.3 is 0 Å². The molecule has 0 radical (unpaired) electrons. The van der Waals surface area contributed by atoms with Gasteiger partial charge in [-0.3, -0.25) is 38.4 Å². The summed E-state index contributed by atoms with van der Waals surface area (Å²) in [6.07, 6.45) is 11.2. The molecule has 92 heavy (non-hydrogen) atoms. The number of amides is 8. The molecule has 4 atom stereocenters. The van der Waals surface area contributed by atoms with E-state index in [0.29, 0.717) is 190 Å². The quantitative estimate of drug-likeness (QED) is 0.0837. The first-order chi connectivity index (χ1) is 44.9. The Morgan fingerprint density at radius 3 is 0.772 bits per heavy atom. The van der Waals surface area contributed by atoms with Crippen molar-refractivity contribution in [2.75, 3.05) is 47.4 Å². The molecule has 6 N–H and O–H groups in total. The Labute approximate surface area is 529 Å². The van der Waals surface area contributed by atoms with E-state index in [-0.39, 0.29) is 72.9 Å². The van der Waals surface area contributed by atoms with E-state index < -0.39 is 24.2 Å². The second-order valence-corrected chi connectivity index (χ2v) is 24.6. The molecule has 462 valence electrons. The maximum atomic E-state index is 14.8. The lowest BCUT2D eigenvalue weighted by molar-refractivity contribution is -0.141. The summed E-state index contributed by atoms with van der Waals surface area (Å²) in [6, 6.07) is 34.4. The molecule has 15 rings (SSSR count). The number of benzene rings is 4. The van der Waals surface area contributed by atoms with E-state index in [1.807, 2.05) is 146 Å². The number of anilines is 4. The Kier molecular flexibility index (Phi) is 15.0. The van der Waals surface area contributed by atoms with Gasteiger partial charge in [0.15, 0.2) is 0 Å². The van der Waals surface area contributed by atoms with Crippen LogP contribution in [0.25, 0.3) is 90.9 Å². The normalized spacial score (nSPS) is 21.1. The number of rotatable bonds is 0. The van der Waals surface area contributed by atoms with Crippen molar-refractivity contribution in [2.45, 2.75) is 101 Å². The average molecular weight is 1230 g/mol. The molecule has 4 unspecified atom stereocenters. The van der Waals surface area contributed by atoms with Crippen molar-refractivity contribution in [3.05, 3.63) is 144 Å². The molecule has 4 saturated heterocycles. The van der Waals surface area contributed by atoms with Gasteiger partial charge in [0, 0.05) is 141 Å². The van der Waals surface area contributed by atoms with Gasteiger partial charge < -0.3 is 50.8 Å². The van der Waals surface area contributed by atoms with Crippen LogP contribution in [0.1, 0.15) is 99.8 Å². The van der Waals surface area contributed by atoms with Gasteiger partial charge in [0.25, 0.3) is 0 Å². The minimum absolute atomic E-state index is 0.126. The van der Waals surface area contributed by atoms with Crippen molar-refractivity contribution >= 4 is 116 Å². The van der Waals surface area contributed by atoms with Crippen LogP contribution in [0.2, 0.25) is 0 Å². The highest BCUT2D eigenvalue weighted by Gasteiger charge is 2.40. The van der Waals surface area contributed by atoms with Crippen LogP contribution in [0.15, 0.2) is 121 Å². The second kappa shape index (κ2) is 23.9. The predicted molar refractivity (Wildman–Crippen MR) is 353 cm³/mol. The summed E-state index contributed by atoms with van der Waals surface area (Å²) in [5.41, 5.74) is 11.1. The topological polar surface area (TPSA) is 255 Å². The Balaban J connectivity index is 1.02. The number of nitrogens with one attached hydrogen (secondary N) is 6. The summed E-state index contributed by atoms with van der Waals surface area (Å²) in [7, 11) is 0. The summed E-state index contributed by atoms with van der Waals surface area (Å²) in [4.78, 5) is 141. The number of carbonyl (C=O) groups is 8. The van der Waals surface area contributed by atoms with Gasteiger partial charge in [-0.1, -0.05) is 72.8 Å². The number of H-pyrrole nitrogens is 2. The first-order valence-corrected chi connectivity index (χ1v) is 31.9. The molecule has 0 spiro atoms.